The van der Waals surface area contributed by atoms with Gasteiger partial charge in [-0.3, -0.25) is 9.48 Å². The number of benzene rings is 1. The van der Waals surface area contributed by atoms with E-state index >= 15 is 0 Å². The van der Waals surface area contributed by atoms with Crippen LogP contribution < -0.4 is 5.73 Å². The fourth-order valence-electron chi connectivity index (χ4n) is 3.47. The fourth-order valence-corrected chi connectivity index (χ4v) is 3.47. The van der Waals surface area contributed by atoms with Crippen molar-refractivity contribution in [1.82, 2.24) is 24.5 Å². The van der Waals surface area contributed by atoms with E-state index in [1.807, 2.05) is 15.6 Å². The highest BCUT2D eigenvalue weighted by Gasteiger charge is 2.21. The molecule has 2 N–H and O–H groups in total. The van der Waals surface area contributed by atoms with Gasteiger partial charge in [-0.2, -0.15) is 10.2 Å². The van der Waals surface area contributed by atoms with Crippen LogP contribution in [0.15, 0.2) is 30.6 Å². The Morgan fingerprint density at radius 1 is 1.31 bits per heavy atom. The molecule has 7 nitrogen and oxygen atoms in total. The van der Waals surface area contributed by atoms with Crippen molar-refractivity contribution in [2.45, 2.75) is 45.6 Å². The highest BCUT2D eigenvalue weighted by molar-refractivity contribution is 5.76. The number of fused-ring (bicyclic) bond motifs is 1. The van der Waals surface area contributed by atoms with Crippen molar-refractivity contribution in [3.05, 3.63) is 47.5 Å². The monoisotopic (exact) mass is 350 g/mol. The molecule has 0 bridgehead atoms. The summed E-state index contributed by atoms with van der Waals surface area (Å²) >= 11 is 0. The van der Waals surface area contributed by atoms with Gasteiger partial charge in [0.25, 0.3) is 0 Å². The Hall–Kier alpha value is -2.96. The van der Waals surface area contributed by atoms with Gasteiger partial charge in [0, 0.05) is 12.2 Å². The van der Waals surface area contributed by atoms with E-state index < -0.39 is 5.91 Å². The van der Waals surface area contributed by atoms with E-state index in [4.69, 9.17) is 5.73 Å². The van der Waals surface area contributed by atoms with Crippen LogP contribution in [0.5, 0.6) is 0 Å². The first-order valence-electron chi connectivity index (χ1n) is 8.93. The lowest BCUT2D eigenvalue weighted by molar-refractivity contribution is -0.117. The lowest BCUT2D eigenvalue weighted by atomic mass is 10.1. The van der Waals surface area contributed by atoms with Crippen molar-refractivity contribution in [3.8, 4) is 17.1 Å². The van der Waals surface area contributed by atoms with Crippen LogP contribution in [0.2, 0.25) is 0 Å². The molecule has 0 aliphatic heterocycles. The number of carbonyl (C=O) groups is 1. The lowest BCUT2D eigenvalue weighted by Crippen LogP contribution is -2.14. The number of nitrogens with two attached hydrogens (primary N) is 1. The second-order valence-corrected chi connectivity index (χ2v) is 6.98. The number of hydrogen-bond donors (Lipinski definition) is 1. The number of amides is 1. The third kappa shape index (κ3) is 2.89. The maximum atomic E-state index is 11.4. The molecule has 1 amide bonds. The maximum Gasteiger partial charge on any atom is 0.225 e. The van der Waals surface area contributed by atoms with Crippen molar-refractivity contribution in [1.29, 1.82) is 0 Å². The van der Waals surface area contributed by atoms with Gasteiger partial charge in [0.2, 0.25) is 5.91 Å². The van der Waals surface area contributed by atoms with Crippen LogP contribution in [-0.2, 0) is 24.1 Å². The van der Waals surface area contributed by atoms with Crippen LogP contribution in [0, 0.1) is 0 Å². The summed E-state index contributed by atoms with van der Waals surface area (Å²) in [6, 6.07) is 6.54. The molecule has 4 rings (SSSR count). The number of rotatable bonds is 5. The van der Waals surface area contributed by atoms with Gasteiger partial charge in [-0.25, -0.2) is 9.67 Å². The summed E-state index contributed by atoms with van der Waals surface area (Å²) in [6.45, 7) is 4.15. The van der Waals surface area contributed by atoms with Gasteiger partial charge in [0.05, 0.1) is 23.9 Å². The summed E-state index contributed by atoms with van der Waals surface area (Å²) in [5.74, 6) is 0.679. The predicted molar refractivity (Wildman–Crippen MR) is 97.9 cm³/mol. The molecule has 2 heterocycles. The van der Waals surface area contributed by atoms with Gasteiger partial charge in [-0.15, -0.1) is 0 Å². The molecule has 26 heavy (non-hydrogen) atoms. The van der Waals surface area contributed by atoms with Crippen LogP contribution >= 0.6 is 0 Å². The van der Waals surface area contributed by atoms with Crippen LogP contribution in [0.4, 0.5) is 0 Å². The average Bonchev–Trinajstić information content (AvgIpc) is 3.32. The topological polar surface area (TPSA) is 91.6 Å². The van der Waals surface area contributed by atoms with Crippen molar-refractivity contribution in [2.24, 2.45) is 5.73 Å². The van der Waals surface area contributed by atoms with E-state index in [2.05, 4.69) is 47.2 Å². The summed E-state index contributed by atoms with van der Waals surface area (Å²) in [4.78, 5) is 16.0. The minimum Gasteiger partial charge on any atom is -0.369 e. The van der Waals surface area contributed by atoms with Gasteiger partial charge in [-0.1, -0.05) is 12.1 Å². The molecule has 0 saturated carbocycles. The van der Waals surface area contributed by atoms with Gasteiger partial charge >= 0.3 is 0 Å². The second-order valence-electron chi connectivity index (χ2n) is 6.98. The SMILES string of the molecule is CC(C)n1cc(-c2nc(CC(N)=O)nn2-c2cccc3c2CCC3)cn1. The summed E-state index contributed by atoms with van der Waals surface area (Å²) < 4.78 is 3.72. The molecule has 0 atom stereocenters. The number of nitrogens with zero attached hydrogens (tertiary/aromatic N) is 5. The number of aryl methyl sites for hydroxylation is 1. The molecule has 0 unspecified atom stereocenters. The molecule has 0 fully saturated rings. The van der Waals surface area contributed by atoms with Crippen molar-refractivity contribution < 1.29 is 4.79 Å². The molecule has 0 radical (unpaired) electrons. The zero-order valence-corrected chi connectivity index (χ0v) is 15.0. The molecule has 1 aliphatic carbocycles. The van der Waals surface area contributed by atoms with Crippen LogP contribution in [0.1, 0.15) is 43.3 Å². The average molecular weight is 350 g/mol. The Kier molecular flexibility index (Phi) is 4.06. The van der Waals surface area contributed by atoms with Gasteiger partial charge in [-0.05, 0) is 50.3 Å². The summed E-state index contributed by atoms with van der Waals surface area (Å²) in [6.07, 6.45) is 7.04. The predicted octanol–water partition coefficient (Wildman–Crippen LogP) is 2.23. The van der Waals surface area contributed by atoms with E-state index in [1.165, 1.54) is 11.1 Å². The fraction of sp³-hybridized carbons (Fsp3) is 0.368. The van der Waals surface area contributed by atoms with Crippen molar-refractivity contribution in [3.63, 3.8) is 0 Å². The van der Waals surface area contributed by atoms with E-state index in [0.29, 0.717) is 11.6 Å². The van der Waals surface area contributed by atoms with E-state index in [-0.39, 0.29) is 12.5 Å². The van der Waals surface area contributed by atoms with Gasteiger partial charge in [0.15, 0.2) is 11.6 Å². The quantitative estimate of drug-likeness (QED) is 0.764. The van der Waals surface area contributed by atoms with Crippen molar-refractivity contribution in [2.75, 3.05) is 0 Å². The smallest absolute Gasteiger partial charge is 0.225 e. The number of hydrogen-bond acceptors (Lipinski definition) is 4. The highest BCUT2D eigenvalue weighted by atomic mass is 16.1. The van der Waals surface area contributed by atoms with Crippen molar-refractivity contribution >= 4 is 5.91 Å². The molecule has 2 aromatic heterocycles. The minimum atomic E-state index is -0.440. The molecule has 134 valence electrons. The first-order valence-corrected chi connectivity index (χ1v) is 8.93. The Morgan fingerprint density at radius 2 is 2.15 bits per heavy atom. The second kappa shape index (κ2) is 6.40. The summed E-state index contributed by atoms with van der Waals surface area (Å²) in [7, 11) is 0. The standard InChI is InChI=1S/C19H22N6O/c1-12(2)24-11-14(10-21-24)19-22-18(9-17(20)26)23-25(19)16-8-4-6-13-5-3-7-15(13)16/h4,6,8,10-12H,3,5,7,9H2,1-2H3,(H2,20,26). The van der Waals surface area contributed by atoms with Crippen LogP contribution in [0.25, 0.3) is 17.1 Å². The highest BCUT2D eigenvalue weighted by Crippen LogP contribution is 2.30. The molecule has 3 aromatic rings. The number of carbonyl (C=O) groups excluding carboxylic acids is 1. The third-order valence-electron chi connectivity index (χ3n) is 4.72. The normalized spacial score (nSPS) is 13.3. The molecule has 1 aromatic carbocycles. The molecular formula is C19H22N6O. The van der Waals surface area contributed by atoms with Gasteiger partial charge < -0.3 is 5.73 Å². The Balaban J connectivity index is 1.86. The number of aromatic nitrogens is 5. The Morgan fingerprint density at radius 3 is 2.88 bits per heavy atom. The largest absolute Gasteiger partial charge is 0.369 e. The molecule has 0 saturated heterocycles. The van der Waals surface area contributed by atoms with Crippen LogP contribution in [-0.4, -0.2) is 30.5 Å². The molecule has 0 spiro atoms. The third-order valence-corrected chi connectivity index (χ3v) is 4.72. The van der Waals surface area contributed by atoms with Crippen LogP contribution in [0.3, 0.4) is 0 Å². The van der Waals surface area contributed by atoms with Gasteiger partial charge in [0.1, 0.15) is 0 Å². The number of primary amides is 1. The molecule has 7 heteroatoms. The Bertz CT molecular complexity index is 968. The first-order chi connectivity index (χ1) is 12.5. The lowest BCUT2D eigenvalue weighted by Gasteiger charge is -2.10. The van der Waals surface area contributed by atoms with E-state index in [1.54, 1.807) is 6.20 Å². The minimum absolute atomic E-state index is 0.0212. The van der Waals surface area contributed by atoms with E-state index in [9.17, 15) is 4.79 Å². The maximum absolute atomic E-state index is 11.4. The molecular weight excluding hydrogens is 328 g/mol. The zero-order chi connectivity index (χ0) is 18.3. The van der Waals surface area contributed by atoms with E-state index in [0.717, 1.165) is 30.5 Å². The zero-order valence-electron chi connectivity index (χ0n) is 15.0. The summed E-state index contributed by atoms with van der Waals surface area (Å²) in [5.41, 5.74) is 9.91. The summed E-state index contributed by atoms with van der Waals surface area (Å²) in [5, 5.41) is 9.01. The first kappa shape index (κ1) is 16.5. The Labute approximate surface area is 151 Å². The molecule has 1 aliphatic rings.